The smallest absolute Gasteiger partial charge is 0.107 e. The average molecular weight is 307 g/mol. The van der Waals surface area contributed by atoms with E-state index >= 15 is 0 Å². The van der Waals surface area contributed by atoms with Gasteiger partial charge in [0.2, 0.25) is 0 Å². The Hall–Kier alpha value is -1.70. The first-order valence-electron chi connectivity index (χ1n) is 6.04. The number of methoxy groups -OCH3 is 1. The third-order valence-electron chi connectivity index (χ3n) is 2.27. The van der Waals surface area contributed by atoms with E-state index in [9.17, 15) is 0 Å². The van der Waals surface area contributed by atoms with Crippen LogP contribution in [0.25, 0.3) is 12.2 Å². The maximum absolute atomic E-state index is 5.44. The Morgan fingerprint density at radius 1 is 0.850 bits per heavy atom. The van der Waals surface area contributed by atoms with Gasteiger partial charge in [0.25, 0.3) is 0 Å². The zero-order chi connectivity index (χ0) is 14.6. The van der Waals surface area contributed by atoms with Crippen LogP contribution in [0.5, 0.6) is 0 Å². The molecule has 0 atom stereocenters. The first-order valence-corrected chi connectivity index (χ1v) is 6.80. The second kappa shape index (κ2) is 10.1. The van der Waals surface area contributed by atoms with E-state index in [1.807, 2.05) is 66.7 Å². The Kier molecular flexibility index (Phi) is 8.28. The van der Waals surface area contributed by atoms with Crippen molar-refractivity contribution in [2.45, 2.75) is 0 Å². The summed E-state index contributed by atoms with van der Waals surface area (Å²) in [6.07, 6.45) is 5.28. The Morgan fingerprint density at radius 2 is 1.35 bits per heavy atom. The van der Waals surface area contributed by atoms with E-state index in [1.54, 1.807) is 19.4 Å². The predicted octanol–water partition coefficient (Wildman–Crippen LogP) is 5.77. The topological polar surface area (TPSA) is 9.23 Å². The van der Waals surface area contributed by atoms with E-state index < -0.39 is 0 Å². The van der Waals surface area contributed by atoms with E-state index in [0.717, 1.165) is 11.1 Å². The van der Waals surface area contributed by atoms with E-state index in [-0.39, 0.29) is 4.49 Å². The second-order valence-electron chi connectivity index (χ2n) is 3.79. The monoisotopic (exact) mass is 306 g/mol. The highest BCUT2D eigenvalue weighted by molar-refractivity contribution is 6.57. The van der Waals surface area contributed by atoms with Crippen LogP contribution in [0, 0.1) is 0 Å². The third-order valence-corrected chi connectivity index (χ3v) is 2.49. The molecule has 2 aromatic carbocycles. The molecule has 0 fully saturated rings. The number of halogens is 2. The maximum atomic E-state index is 5.44. The van der Waals surface area contributed by atoms with E-state index in [2.05, 4.69) is 0 Å². The van der Waals surface area contributed by atoms with Crippen molar-refractivity contribution in [1.82, 2.24) is 0 Å². The third kappa shape index (κ3) is 7.67. The van der Waals surface area contributed by atoms with Gasteiger partial charge < -0.3 is 4.74 Å². The van der Waals surface area contributed by atoms with Crippen LogP contribution >= 0.6 is 23.2 Å². The summed E-state index contributed by atoms with van der Waals surface area (Å²) >= 11 is 10.9. The summed E-state index contributed by atoms with van der Waals surface area (Å²) in [5, 5.41) is 0. The molecule has 0 saturated heterocycles. The fraction of sp³-hybridized carbons (Fsp3) is 0.0588. The van der Waals surface area contributed by atoms with Crippen LogP contribution < -0.4 is 0 Å². The molecule has 0 aliphatic rings. The van der Waals surface area contributed by atoms with Gasteiger partial charge >= 0.3 is 0 Å². The molecular formula is C17H16Cl2O. The Bertz CT molecular complexity index is 529. The van der Waals surface area contributed by atoms with Crippen LogP contribution in [0.4, 0.5) is 0 Å². The molecule has 2 rings (SSSR count). The average Bonchev–Trinajstić information content (AvgIpc) is 2.47. The second-order valence-corrected chi connectivity index (χ2v) is 4.80. The first-order chi connectivity index (χ1) is 9.72. The van der Waals surface area contributed by atoms with Crippen LogP contribution in [-0.2, 0) is 4.74 Å². The first kappa shape index (κ1) is 16.4. The van der Waals surface area contributed by atoms with Crippen LogP contribution in [0.2, 0.25) is 0 Å². The van der Waals surface area contributed by atoms with Crippen molar-refractivity contribution in [3.8, 4) is 0 Å². The molecule has 0 bridgehead atoms. The number of ether oxygens (including phenoxy) is 1. The summed E-state index contributed by atoms with van der Waals surface area (Å²) in [5.74, 6) is 0. The molecule has 0 heterocycles. The minimum Gasteiger partial charge on any atom is -0.504 e. The summed E-state index contributed by atoms with van der Waals surface area (Å²) in [7, 11) is 1.64. The fourth-order valence-corrected chi connectivity index (χ4v) is 1.64. The van der Waals surface area contributed by atoms with Crippen molar-refractivity contribution < 1.29 is 4.74 Å². The molecule has 0 saturated carbocycles. The molecule has 104 valence electrons. The molecule has 0 aliphatic carbocycles. The van der Waals surface area contributed by atoms with Gasteiger partial charge in [-0.15, -0.1) is 0 Å². The van der Waals surface area contributed by atoms with Gasteiger partial charge in [-0.1, -0.05) is 83.9 Å². The highest BCUT2D eigenvalue weighted by atomic mass is 35.5. The van der Waals surface area contributed by atoms with Gasteiger partial charge in [-0.2, -0.15) is 0 Å². The number of hydrogen-bond acceptors (Lipinski definition) is 1. The summed E-state index contributed by atoms with van der Waals surface area (Å²) in [5.41, 5.74) is 2.17. The van der Waals surface area contributed by atoms with Crippen LogP contribution in [0.3, 0.4) is 0 Å². The summed E-state index contributed by atoms with van der Waals surface area (Å²) in [4.78, 5) is 0. The molecule has 0 N–H and O–H groups in total. The molecule has 0 amide bonds. The van der Waals surface area contributed by atoms with Crippen LogP contribution in [-0.4, -0.2) is 7.11 Å². The SMILES string of the molecule is COC=Cc1ccccc1.ClC(Cl)=Cc1ccccc1. The van der Waals surface area contributed by atoms with Gasteiger partial charge in [-0.05, 0) is 23.3 Å². The highest BCUT2D eigenvalue weighted by Gasteiger charge is 1.85. The summed E-state index contributed by atoms with van der Waals surface area (Å²) in [6.45, 7) is 0. The minimum absolute atomic E-state index is 0.284. The molecule has 0 radical (unpaired) electrons. The van der Waals surface area contributed by atoms with Crippen LogP contribution in [0.15, 0.2) is 71.4 Å². The van der Waals surface area contributed by atoms with E-state index in [1.165, 1.54) is 0 Å². The standard InChI is InChI=1S/C9H10O.C8H6Cl2/c1-10-8-7-9-5-3-2-4-6-9;9-8(10)6-7-4-2-1-3-5-7/h2-8H,1H3;1-6H. The molecule has 0 unspecified atom stereocenters. The molecule has 2 aromatic rings. The van der Waals surface area contributed by atoms with Crippen molar-refractivity contribution in [2.75, 3.05) is 7.11 Å². The number of hydrogen-bond donors (Lipinski definition) is 0. The Morgan fingerprint density at radius 3 is 1.80 bits per heavy atom. The lowest BCUT2D eigenvalue weighted by Crippen LogP contribution is -1.69. The lowest BCUT2D eigenvalue weighted by Gasteiger charge is -1.89. The van der Waals surface area contributed by atoms with Crippen LogP contribution in [0.1, 0.15) is 11.1 Å². The fourth-order valence-electron chi connectivity index (χ4n) is 1.39. The van der Waals surface area contributed by atoms with Crippen molar-refractivity contribution in [1.29, 1.82) is 0 Å². The molecule has 1 nitrogen and oxygen atoms in total. The van der Waals surface area contributed by atoms with Gasteiger partial charge in [0.05, 0.1) is 13.4 Å². The summed E-state index contributed by atoms with van der Waals surface area (Å²) in [6, 6.07) is 19.7. The molecule has 0 aromatic heterocycles. The van der Waals surface area contributed by atoms with Gasteiger partial charge in [0.15, 0.2) is 0 Å². The van der Waals surface area contributed by atoms with Crippen molar-refractivity contribution in [2.24, 2.45) is 0 Å². The van der Waals surface area contributed by atoms with Gasteiger partial charge in [0.1, 0.15) is 4.49 Å². The van der Waals surface area contributed by atoms with E-state index in [4.69, 9.17) is 27.9 Å². The van der Waals surface area contributed by atoms with Gasteiger partial charge in [-0.25, -0.2) is 0 Å². The maximum Gasteiger partial charge on any atom is 0.107 e. The van der Waals surface area contributed by atoms with Gasteiger partial charge in [0, 0.05) is 0 Å². The molecular weight excluding hydrogens is 291 g/mol. The van der Waals surface area contributed by atoms with Crippen molar-refractivity contribution in [3.63, 3.8) is 0 Å². The predicted molar refractivity (Wildman–Crippen MR) is 88.6 cm³/mol. The lowest BCUT2D eigenvalue weighted by atomic mass is 10.2. The van der Waals surface area contributed by atoms with Crippen molar-refractivity contribution in [3.05, 3.63) is 82.5 Å². The van der Waals surface area contributed by atoms with E-state index in [0.29, 0.717) is 0 Å². The quantitative estimate of drug-likeness (QED) is 0.654. The van der Waals surface area contributed by atoms with Crippen molar-refractivity contribution >= 4 is 35.4 Å². The molecule has 20 heavy (non-hydrogen) atoms. The van der Waals surface area contributed by atoms with Gasteiger partial charge in [-0.3, -0.25) is 0 Å². The zero-order valence-electron chi connectivity index (χ0n) is 11.2. The highest BCUT2D eigenvalue weighted by Crippen LogP contribution is 2.12. The number of benzene rings is 2. The molecule has 0 aliphatic heterocycles. The lowest BCUT2D eigenvalue weighted by molar-refractivity contribution is 0.341. The molecule has 0 spiro atoms. The summed E-state index contributed by atoms with van der Waals surface area (Å²) < 4.78 is 5.05. The molecule has 3 heteroatoms. The Balaban J connectivity index is 0.000000200. The Labute approximate surface area is 130 Å². The largest absolute Gasteiger partial charge is 0.504 e. The normalized spacial score (nSPS) is 9.55. The zero-order valence-corrected chi connectivity index (χ0v) is 12.7. The minimum atomic E-state index is 0.284. The number of rotatable bonds is 3.